The second-order valence-corrected chi connectivity index (χ2v) is 9.20. The number of carboxylic acids is 1. The van der Waals surface area contributed by atoms with Crippen LogP contribution in [-0.2, 0) is 16.1 Å². The molecule has 0 atom stereocenters. The molecule has 0 spiro atoms. The third-order valence-corrected chi connectivity index (χ3v) is 6.31. The van der Waals surface area contributed by atoms with Crippen molar-refractivity contribution in [2.45, 2.75) is 64.7 Å². The number of hydrogen-bond donors (Lipinski definition) is 1. The van der Waals surface area contributed by atoms with E-state index >= 15 is 0 Å². The third kappa shape index (κ3) is 5.18. The standard InChI is InChI=1S/C26H29NO6/c1-26(2)32-22-13-12-19(15-21(22)25(31)33-26)27(23(28)14-11-17-7-3-4-8-17)16-18-9-5-6-10-20(18)24(29)30/h5-6,9-10,12-13,15,17H,3-4,7-8,11,14,16H2,1-2H3,(H,29,30). The van der Waals surface area contributed by atoms with Gasteiger partial charge in [0.15, 0.2) is 0 Å². The molecule has 1 saturated carbocycles. The quantitative estimate of drug-likeness (QED) is 0.584. The van der Waals surface area contributed by atoms with Gasteiger partial charge in [-0.2, -0.15) is 0 Å². The Kier molecular flexibility index (Phi) is 6.40. The maximum Gasteiger partial charge on any atom is 0.345 e. The zero-order valence-electron chi connectivity index (χ0n) is 19.0. The van der Waals surface area contributed by atoms with E-state index in [0.717, 1.165) is 19.3 Å². The number of fused-ring (bicyclic) bond motifs is 1. The second kappa shape index (κ2) is 9.25. The number of anilines is 1. The predicted octanol–water partition coefficient (Wildman–Crippen LogP) is 5.17. The average molecular weight is 452 g/mol. The van der Waals surface area contributed by atoms with Gasteiger partial charge in [-0.15, -0.1) is 0 Å². The smallest absolute Gasteiger partial charge is 0.345 e. The Hall–Kier alpha value is -3.35. The van der Waals surface area contributed by atoms with Gasteiger partial charge in [0.05, 0.1) is 12.1 Å². The highest BCUT2D eigenvalue weighted by Gasteiger charge is 2.34. The maximum absolute atomic E-state index is 13.4. The minimum Gasteiger partial charge on any atom is -0.478 e. The zero-order chi connectivity index (χ0) is 23.6. The van der Waals surface area contributed by atoms with Crippen molar-refractivity contribution in [3.8, 4) is 5.75 Å². The first-order valence-electron chi connectivity index (χ1n) is 11.4. The van der Waals surface area contributed by atoms with Crippen LogP contribution in [0, 0.1) is 5.92 Å². The lowest BCUT2D eigenvalue weighted by atomic mass is 10.0. The minimum absolute atomic E-state index is 0.0894. The lowest BCUT2D eigenvalue weighted by Gasteiger charge is -2.32. The van der Waals surface area contributed by atoms with Crippen LogP contribution in [0.15, 0.2) is 42.5 Å². The zero-order valence-corrected chi connectivity index (χ0v) is 19.0. The molecular weight excluding hydrogens is 422 g/mol. The summed E-state index contributed by atoms with van der Waals surface area (Å²) in [4.78, 5) is 39.2. The highest BCUT2D eigenvalue weighted by Crippen LogP contribution is 2.35. The summed E-state index contributed by atoms with van der Waals surface area (Å²) in [7, 11) is 0. The number of nitrogens with zero attached hydrogens (tertiary/aromatic N) is 1. The highest BCUT2D eigenvalue weighted by atomic mass is 16.7. The average Bonchev–Trinajstić information content (AvgIpc) is 3.29. The number of ether oxygens (including phenoxy) is 2. The monoisotopic (exact) mass is 451 g/mol. The predicted molar refractivity (Wildman–Crippen MR) is 122 cm³/mol. The summed E-state index contributed by atoms with van der Waals surface area (Å²) in [5.41, 5.74) is 1.42. The third-order valence-electron chi connectivity index (χ3n) is 6.31. The topological polar surface area (TPSA) is 93.1 Å². The molecule has 4 rings (SSSR count). The summed E-state index contributed by atoms with van der Waals surface area (Å²) >= 11 is 0. The maximum atomic E-state index is 13.4. The van der Waals surface area contributed by atoms with Gasteiger partial charge in [0.25, 0.3) is 0 Å². The molecule has 0 saturated heterocycles. The van der Waals surface area contributed by atoms with Crippen LogP contribution in [-0.4, -0.2) is 28.7 Å². The SMILES string of the molecule is CC1(C)OC(=O)c2cc(N(Cc3ccccc3C(=O)O)C(=O)CCC3CCCC3)ccc2O1. The van der Waals surface area contributed by atoms with Crippen LogP contribution < -0.4 is 9.64 Å². The van der Waals surface area contributed by atoms with Gasteiger partial charge in [-0.1, -0.05) is 43.9 Å². The molecular formula is C26H29NO6. The van der Waals surface area contributed by atoms with E-state index in [9.17, 15) is 19.5 Å². The van der Waals surface area contributed by atoms with Crippen molar-refractivity contribution in [3.05, 3.63) is 59.2 Å². The molecule has 174 valence electrons. The van der Waals surface area contributed by atoms with Crippen LogP contribution in [0.1, 0.15) is 78.7 Å². The summed E-state index contributed by atoms with van der Waals surface area (Å²) in [6, 6.07) is 11.6. The van der Waals surface area contributed by atoms with Gasteiger partial charge in [-0.05, 0) is 42.2 Å². The van der Waals surface area contributed by atoms with E-state index in [1.807, 2.05) is 0 Å². The molecule has 1 N–H and O–H groups in total. The van der Waals surface area contributed by atoms with Crippen LogP contribution in [0.2, 0.25) is 0 Å². The molecule has 7 nitrogen and oxygen atoms in total. The summed E-state index contributed by atoms with van der Waals surface area (Å²) < 4.78 is 11.1. The molecule has 0 aromatic heterocycles. The number of esters is 1. The fraction of sp³-hybridized carbons (Fsp3) is 0.423. The molecule has 1 aliphatic carbocycles. The van der Waals surface area contributed by atoms with Gasteiger partial charge in [-0.3, -0.25) is 4.79 Å². The molecule has 1 heterocycles. The van der Waals surface area contributed by atoms with Crippen LogP contribution in [0.4, 0.5) is 5.69 Å². The van der Waals surface area contributed by atoms with Crippen molar-refractivity contribution in [2.75, 3.05) is 4.90 Å². The molecule has 2 aromatic carbocycles. The Labute approximate surface area is 193 Å². The molecule has 1 amide bonds. The lowest BCUT2D eigenvalue weighted by Crippen LogP contribution is -2.39. The van der Waals surface area contributed by atoms with Gasteiger partial charge in [-0.25, -0.2) is 9.59 Å². The van der Waals surface area contributed by atoms with Gasteiger partial charge in [0, 0.05) is 26.0 Å². The number of benzene rings is 2. The van der Waals surface area contributed by atoms with Gasteiger partial charge < -0.3 is 19.5 Å². The number of amides is 1. The van der Waals surface area contributed by atoms with Crippen LogP contribution >= 0.6 is 0 Å². The number of rotatable bonds is 7. The van der Waals surface area contributed by atoms with E-state index in [2.05, 4.69) is 0 Å². The lowest BCUT2D eigenvalue weighted by molar-refractivity contribution is -0.127. The van der Waals surface area contributed by atoms with Gasteiger partial charge >= 0.3 is 11.9 Å². The minimum atomic E-state index is -1.07. The second-order valence-electron chi connectivity index (χ2n) is 9.20. The largest absolute Gasteiger partial charge is 0.478 e. The molecule has 2 aliphatic rings. The van der Waals surface area contributed by atoms with Crippen molar-refractivity contribution >= 4 is 23.5 Å². The first kappa shape index (κ1) is 22.8. The number of hydrogen-bond acceptors (Lipinski definition) is 5. The van der Waals surface area contributed by atoms with E-state index in [1.54, 1.807) is 55.1 Å². The van der Waals surface area contributed by atoms with Gasteiger partial charge in [0.2, 0.25) is 11.7 Å². The summed E-state index contributed by atoms with van der Waals surface area (Å²) in [5.74, 6) is -1.79. The normalized spacial score (nSPS) is 17.1. The van der Waals surface area contributed by atoms with E-state index in [-0.39, 0.29) is 23.6 Å². The number of carbonyl (C=O) groups excluding carboxylic acids is 2. The number of carboxylic acid groups (broad SMARTS) is 1. The fourth-order valence-electron chi connectivity index (χ4n) is 4.62. The molecule has 7 heteroatoms. The van der Waals surface area contributed by atoms with Crippen molar-refractivity contribution in [3.63, 3.8) is 0 Å². The number of cyclic esters (lactones) is 1. The van der Waals surface area contributed by atoms with Crippen molar-refractivity contribution < 1.29 is 29.0 Å². The molecule has 1 aliphatic heterocycles. The molecule has 33 heavy (non-hydrogen) atoms. The van der Waals surface area contributed by atoms with Gasteiger partial charge in [0.1, 0.15) is 11.3 Å². The molecule has 0 unspecified atom stereocenters. The summed E-state index contributed by atoms with van der Waals surface area (Å²) in [6.07, 6.45) is 5.88. The highest BCUT2D eigenvalue weighted by molar-refractivity contribution is 5.98. The Morgan fingerprint density at radius 1 is 1.09 bits per heavy atom. The molecule has 0 bridgehead atoms. The Morgan fingerprint density at radius 3 is 2.55 bits per heavy atom. The Morgan fingerprint density at radius 2 is 1.82 bits per heavy atom. The van der Waals surface area contributed by atoms with Crippen molar-refractivity contribution in [1.29, 1.82) is 0 Å². The van der Waals surface area contributed by atoms with Crippen molar-refractivity contribution in [1.82, 2.24) is 0 Å². The van der Waals surface area contributed by atoms with E-state index in [4.69, 9.17) is 9.47 Å². The summed E-state index contributed by atoms with van der Waals surface area (Å²) in [6.45, 7) is 3.40. The Bertz CT molecular complexity index is 1070. The number of carbonyl (C=O) groups is 3. The number of aromatic carboxylic acids is 1. The van der Waals surface area contributed by atoms with Crippen molar-refractivity contribution in [2.24, 2.45) is 5.92 Å². The van der Waals surface area contributed by atoms with Crippen LogP contribution in [0.5, 0.6) is 5.75 Å². The van der Waals surface area contributed by atoms with Crippen LogP contribution in [0.3, 0.4) is 0 Å². The Balaban J connectivity index is 1.65. The first-order chi connectivity index (χ1) is 15.7. The first-order valence-corrected chi connectivity index (χ1v) is 11.4. The fourth-order valence-corrected chi connectivity index (χ4v) is 4.62. The van der Waals surface area contributed by atoms with E-state index < -0.39 is 17.7 Å². The van der Waals surface area contributed by atoms with E-state index in [0.29, 0.717) is 29.3 Å². The van der Waals surface area contributed by atoms with E-state index in [1.165, 1.54) is 18.9 Å². The summed E-state index contributed by atoms with van der Waals surface area (Å²) in [5, 5.41) is 9.60. The molecule has 1 fully saturated rings. The molecule has 2 aromatic rings. The van der Waals surface area contributed by atoms with Crippen LogP contribution in [0.25, 0.3) is 0 Å². The molecule has 0 radical (unpaired) electrons.